The molecular weight excluding hydrogens is 436 g/mol. The summed E-state index contributed by atoms with van der Waals surface area (Å²) >= 11 is 0. The van der Waals surface area contributed by atoms with Gasteiger partial charge in [-0.05, 0) is 54.9 Å². The number of carboxylic acid groups (broad SMARTS) is 1. The molecule has 1 fully saturated rings. The first kappa shape index (κ1) is 23.8. The maximum Gasteiger partial charge on any atom is 0.408 e. The highest BCUT2D eigenvalue weighted by atomic mass is 16.5. The number of carboxylic acids is 1. The number of rotatable bonds is 9. The third-order valence-electron chi connectivity index (χ3n) is 6.96. The minimum atomic E-state index is -1.29. The SMILES string of the molecule is COC(C)C(NC(=O)C(C)(NC(=O)OCC1c2ccccc2-c2ccccc21)C1CC1)C(=O)O. The van der Waals surface area contributed by atoms with Gasteiger partial charge in [0.05, 0.1) is 6.10 Å². The van der Waals surface area contributed by atoms with Crippen LogP contribution in [0.3, 0.4) is 0 Å². The van der Waals surface area contributed by atoms with Crippen molar-refractivity contribution in [2.24, 2.45) is 5.92 Å². The summed E-state index contributed by atoms with van der Waals surface area (Å²) in [5, 5.41) is 14.7. The Morgan fingerprint density at radius 1 is 1.06 bits per heavy atom. The molecule has 0 bridgehead atoms. The summed E-state index contributed by atoms with van der Waals surface area (Å²) in [5.74, 6) is -1.97. The summed E-state index contributed by atoms with van der Waals surface area (Å²) < 4.78 is 10.7. The van der Waals surface area contributed by atoms with E-state index in [4.69, 9.17) is 9.47 Å². The summed E-state index contributed by atoms with van der Waals surface area (Å²) in [6, 6.07) is 14.8. The van der Waals surface area contributed by atoms with E-state index in [1.54, 1.807) is 13.8 Å². The summed E-state index contributed by atoms with van der Waals surface area (Å²) in [5.41, 5.74) is 3.15. The number of fused-ring (bicyclic) bond motifs is 3. The van der Waals surface area contributed by atoms with Crippen molar-refractivity contribution in [2.45, 2.75) is 50.3 Å². The predicted octanol–water partition coefficient (Wildman–Crippen LogP) is 3.30. The Morgan fingerprint density at radius 3 is 2.12 bits per heavy atom. The van der Waals surface area contributed by atoms with Crippen LogP contribution in [0.5, 0.6) is 0 Å². The molecule has 2 aromatic carbocycles. The molecule has 8 nitrogen and oxygen atoms in total. The maximum atomic E-state index is 13.1. The van der Waals surface area contributed by atoms with Crippen molar-refractivity contribution in [1.29, 1.82) is 0 Å². The minimum Gasteiger partial charge on any atom is -0.480 e. The van der Waals surface area contributed by atoms with Crippen molar-refractivity contribution in [3.05, 3.63) is 59.7 Å². The van der Waals surface area contributed by atoms with Crippen molar-refractivity contribution < 1.29 is 29.0 Å². The highest BCUT2D eigenvalue weighted by Crippen LogP contribution is 2.44. The summed E-state index contributed by atoms with van der Waals surface area (Å²) in [7, 11) is 1.38. The highest BCUT2D eigenvalue weighted by Gasteiger charge is 2.50. The first-order valence-electron chi connectivity index (χ1n) is 11.5. The number of benzene rings is 2. The predicted molar refractivity (Wildman–Crippen MR) is 125 cm³/mol. The Hall–Kier alpha value is -3.39. The Bertz CT molecular complexity index is 1050. The van der Waals surface area contributed by atoms with Crippen LogP contribution >= 0.6 is 0 Å². The van der Waals surface area contributed by atoms with Crippen LogP contribution in [0.4, 0.5) is 4.79 Å². The van der Waals surface area contributed by atoms with E-state index in [-0.39, 0.29) is 18.4 Å². The van der Waals surface area contributed by atoms with Gasteiger partial charge in [-0.3, -0.25) is 4.79 Å². The zero-order chi connectivity index (χ0) is 24.5. The maximum absolute atomic E-state index is 13.1. The average Bonchev–Trinajstić information content (AvgIpc) is 3.64. The Kier molecular flexibility index (Phi) is 6.61. The molecule has 4 rings (SSSR count). The van der Waals surface area contributed by atoms with Gasteiger partial charge in [-0.1, -0.05) is 48.5 Å². The molecule has 180 valence electrons. The average molecular weight is 467 g/mol. The lowest BCUT2D eigenvalue weighted by Crippen LogP contribution is -2.62. The van der Waals surface area contributed by atoms with Gasteiger partial charge in [-0.15, -0.1) is 0 Å². The van der Waals surface area contributed by atoms with Crippen LogP contribution in [0, 0.1) is 5.92 Å². The smallest absolute Gasteiger partial charge is 0.408 e. The van der Waals surface area contributed by atoms with Crippen LogP contribution in [0.15, 0.2) is 48.5 Å². The van der Waals surface area contributed by atoms with Crippen LogP contribution in [-0.2, 0) is 19.1 Å². The van der Waals surface area contributed by atoms with Crippen LogP contribution in [0.2, 0.25) is 0 Å². The van der Waals surface area contributed by atoms with Crippen molar-refractivity contribution >= 4 is 18.0 Å². The molecule has 2 aliphatic carbocycles. The third kappa shape index (κ3) is 4.50. The van der Waals surface area contributed by atoms with E-state index in [1.165, 1.54) is 7.11 Å². The quantitative estimate of drug-likeness (QED) is 0.523. The number of alkyl carbamates (subject to hydrolysis) is 1. The molecule has 0 aliphatic heterocycles. The second kappa shape index (κ2) is 9.46. The molecule has 3 unspecified atom stereocenters. The van der Waals surface area contributed by atoms with Crippen LogP contribution in [0.25, 0.3) is 11.1 Å². The summed E-state index contributed by atoms with van der Waals surface area (Å²) in [6.45, 7) is 3.30. The fourth-order valence-corrected chi connectivity index (χ4v) is 4.66. The van der Waals surface area contributed by atoms with Gasteiger partial charge in [-0.2, -0.15) is 0 Å². The summed E-state index contributed by atoms with van der Waals surface area (Å²) in [6.07, 6.45) is 0.0634. The van der Waals surface area contributed by atoms with Crippen LogP contribution in [0.1, 0.15) is 43.7 Å². The van der Waals surface area contributed by atoms with Gasteiger partial charge < -0.3 is 25.2 Å². The molecule has 8 heteroatoms. The van der Waals surface area contributed by atoms with Crippen molar-refractivity contribution in [1.82, 2.24) is 10.6 Å². The third-order valence-corrected chi connectivity index (χ3v) is 6.96. The van der Waals surface area contributed by atoms with Gasteiger partial charge >= 0.3 is 12.1 Å². The zero-order valence-electron chi connectivity index (χ0n) is 19.5. The van der Waals surface area contributed by atoms with E-state index < -0.39 is 35.7 Å². The summed E-state index contributed by atoms with van der Waals surface area (Å²) in [4.78, 5) is 37.6. The van der Waals surface area contributed by atoms with Gasteiger partial charge in [-0.25, -0.2) is 9.59 Å². The molecule has 2 amide bonds. The second-order valence-electron chi connectivity index (χ2n) is 9.16. The Labute approximate surface area is 198 Å². The molecule has 0 spiro atoms. The number of ether oxygens (including phenoxy) is 2. The first-order valence-corrected chi connectivity index (χ1v) is 11.5. The number of hydrogen-bond donors (Lipinski definition) is 3. The number of aliphatic carboxylic acids is 1. The van der Waals surface area contributed by atoms with Gasteiger partial charge in [0.2, 0.25) is 5.91 Å². The number of amides is 2. The minimum absolute atomic E-state index is 0.0970. The van der Waals surface area contributed by atoms with Gasteiger partial charge in [0, 0.05) is 13.0 Å². The molecule has 0 saturated heterocycles. The van der Waals surface area contributed by atoms with Crippen molar-refractivity contribution in [2.75, 3.05) is 13.7 Å². The second-order valence-corrected chi connectivity index (χ2v) is 9.16. The monoisotopic (exact) mass is 466 g/mol. The van der Waals surface area contributed by atoms with E-state index in [9.17, 15) is 19.5 Å². The topological polar surface area (TPSA) is 114 Å². The molecule has 3 N–H and O–H groups in total. The molecule has 3 atom stereocenters. The molecule has 1 saturated carbocycles. The highest BCUT2D eigenvalue weighted by molar-refractivity contribution is 5.93. The van der Waals surface area contributed by atoms with E-state index in [1.807, 2.05) is 36.4 Å². The van der Waals surface area contributed by atoms with E-state index in [0.717, 1.165) is 35.1 Å². The lowest BCUT2D eigenvalue weighted by Gasteiger charge is -2.31. The fourth-order valence-electron chi connectivity index (χ4n) is 4.66. The lowest BCUT2D eigenvalue weighted by molar-refractivity contribution is -0.146. The van der Waals surface area contributed by atoms with Crippen LogP contribution < -0.4 is 10.6 Å². The molecule has 2 aliphatic rings. The number of carbonyl (C=O) groups excluding carboxylic acids is 2. The zero-order valence-corrected chi connectivity index (χ0v) is 19.5. The fraction of sp³-hybridized carbons (Fsp3) is 0.423. The normalized spacial score (nSPS) is 18.1. The first-order chi connectivity index (χ1) is 16.3. The Balaban J connectivity index is 1.45. The van der Waals surface area contributed by atoms with Gasteiger partial charge in [0.25, 0.3) is 0 Å². The molecule has 0 heterocycles. The van der Waals surface area contributed by atoms with Gasteiger partial charge in [0.1, 0.15) is 12.1 Å². The van der Waals surface area contributed by atoms with E-state index in [0.29, 0.717) is 0 Å². The molecule has 0 aromatic heterocycles. The number of hydrogen-bond acceptors (Lipinski definition) is 5. The Morgan fingerprint density at radius 2 is 1.62 bits per heavy atom. The number of carbonyl (C=O) groups is 3. The molecule has 0 radical (unpaired) electrons. The van der Waals surface area contributed by atoms with Crippen LogP contribution in [-0.4, -0.2) is 54.5 Å². The molecule has 2 aromatic rings. The van der Waals surface area contributed by atoms with E-state index >= 15 is 0 Å². The van der Waals surface area contributed by atoms with Gasteiger partial charge in [0.15, 0.2) is 6.04 Å². The standard InChI is InChI=1S/C26H30N2O6/c1-15(33-3)22(23(29)30)27-24(31)26(2,16-12-13-16)28-25(32)34-14-21-19-10-6-4-8-17(19)18-9-5-7-11-20(18)21/h4-11,15-16,21-22H,12-14H2,1-3H3,(H,27,31)(H,28,32)(H,29,30). The number of nitrogens with one attached hydrogen (secondary N) is 2. The largest absolute Gasteiger partial charge is 0.480 e. The molecular formula is C26H30N2O6. The number of methoxy groups -OCH3 is 1. The van der Waals surface area contributed by atoms with E-state index in [2.05, 4.69) is 22.8 Å². The molecule has 34 heavy (non-hydrogen) atoms. The van der Waals surface area contributed by atoms with Crippen molar-refractivity contribution in [3.63, 3.8) is 0 Å². The van der Waals surface area contributed by atoms with Crippen molar-refractivity contribution in [3.8, 4) is 11.1 Å². The lowest BCUT2D eigenvalue weighted by atomic mass is 9.94.